The zero-order chi connectivity index (χ0) is 17.5. The fraction of sp³-hybridized carbons (Fsp3) is 0.700. The molecule has 4 nitrogen and oxygen atoms in total. The fourth-order valence-electron chi connectivity index (χ4n) is 3.49. The van der Waals surface area contributed by atoms with Gasteiger partial charge in [-0.25, -0.2) is 0 Å². The lowest BCUT2D eigenvalue weighted by Crippen LogP contribution is -2.30. The Morgan fingerprint density at radius 1 is 1.17 bits per heavy atom. The number of hydrogen-bond acceptors (Lipinski definition) is 4. The summed E-state index contributed by atoms with van der Waals surface area (Å²) in [6.45, 7) is 7.34. The maximum Gasteiger partial charge on any atom is 0.161 e. The Morgan fingerprint density at radius 2 is 1.88 bits per heavy atom. The highest BCUT2D eigenvalue weighted by atomic mass is 16.5. The van der Waals surface area contributed by atoms with E-state index in [4.69, 9.17) is 9.47 Å². The van der Waals surface area contributed by atoms with Crippen molar-refractivity contribution in [2.45, 2.75) is 65.1 Å². The molecule has 4 heteroatoms. The van der Waals surface area contributed by atoms with Gasteiger partial charge in [-0.15, -0.1) is 0 Å². The van der Waals surface area contributed by atoms with E-state index in [0.29, 0.717) is 30.2 Å². The largest absolute Gasteiger partial charge is 0.493 e. The molecule has 2 N–H and O–H groups in total. The first-order chi connectivity index (χ1) is 11.5. The van der Waals surface area contributed by atoms with Crippen LogP contribution >= 0.6 is 0 Å². The van der Waals surface area contributed by atoms with E-state index in [1.54, 1.807) is 7.11 Å². The number of aliphatic hydroxyl groups excluding tert-OH is 1. The molecule has 0 amide bonds. The Balaban J connectivity index is 1.95. The minimum atomic E-state index is -0.657. The molecule has 136 valence electrons. The summed E-state index contributed by atoms with van der Waals surface area (Å²) in [5.41, 5.74) is 0.821. The van der Waals surface area contributed by atoms with E-state index < -0.39 is 6.23 Å². The lowest BCUT2D eigenvalue weighted by molar-refractivity contribution is 0.123. The van der Waals surface area contributed by atoms with Gasteiger partial charge in [-0.3, -0.25) is 5.32 Å². The first-order valence-electron chi connectivity index (χ1n) is 9.24. The Kier molecular flexibility index (Phi) is 7.38. The van der Waals surface area contributed by atoms with Gasteiger partial charge in [0.1, 0.15) is 6.23 Å². The average Bonchev–Trinajstić information content (AvgIpc) is 3.05. The van der Waals surface area contributed by atoms with E-state index in [1.807, 2.05) is 18.2 Å². The molecule has 0 saturated heterocycles. The molecule has 0 spiro atoms. The van der Waals surface area contributed by atoms with Crippen molar-refractivity contribution < 1.29 is 14.6 Å². The highest BCUT2D eigenvalue weighted by molar-refractivity contribution is 5.43. The first-order valence-corrected chi connectivity index (χ1v) is 9.24. The molecular weight excluding hydrogens is 302 g/mol. The van der Waals surface area contributed by atoms with Crippen LogP contribution in [0.3, 0.4) is 0 Å². The maximum atomic E-state index is 10.4. The summed E-state index contributed by atoms with van der Waals surface area (Å²) in [5, 5.41) is 13.7. The standard InChI is InChI=1S/C20H33NO3/c1-14(2)11-15(3)13-24-18-10-9-16(12-19(18)23-4)20(22)21-17-7-5-6-8-17/h9-10,12,14-15,17,20-22H,5-8,11,13H2,1-4H3. The van der Waals surface area contributed by atoms with Crippen LogP contribution in [0.25, 0.3) is 0 Å². The second-order valence-corrected chi connectivity index (χ2v) is 7.51. The smallest absolute Gasteiger partial charge is 0.161 e. The summed E-state index contributed by atoms with van der Waals surface area (Å²) < 4.78 is 11.4. The number of rotatable bonds is 9. The Morgan fingerprint density at radius 3 is 2.50 bits per heavy atom. The molecule has 1 aliphatic carbocycles. The molecule has 0 heterocycles. The van der Waals surface area contributed by atoms with E-state index in [1.165, 1.54) is 12.8 Å². The minimum Gasteiger partial charge on any atom is -0.493 e. The van der Waals surface area contributed by atoms with Crippen LogP contribution in [-0.4, -0.2) is 24.9 Å². The van der Waals surface area contributed by atoms with E-state index in [0.717, 1.165) is 30.6 Å². The summed E-state index contributed by atoms with van der Waals surface area (Å²) >= 11 is 0. The number of benzene rings is 1. The van der Waals surface area contributed by atoms with Crippen LogP contribution in [0.1, 0.15) is 64.7 Å². The Hall–Kier alpha value is -1.26. The zero-order valence-electron chi connectivity index (χ0n) is 15.5. The molecule has 1 saturated carbocycles. The highest BCUT2D eigenvalue weighted by Crippen LogP contribution is 2.31. The maximum absolute atomic E-state index is 10.4. The lowest BCUT2D eigenvalue weighted by Gasteiger charge is -2.20. The van der Waals surface area contributed by atoms with Crippen LogP contribution in [0.5, 0.6) is 11.5 Å². The summed E-state index contributed by atoms with van der Waals surface area (Å²) in [5.74, 6) is 2.59. The third kappa shape index (κ3) is 5.67. The van der Waals surface area contributed by atoms with Crippen LogP contribution in [-0.2, 0) is 0 Å². The van der Waals surface area contributed by atoms with Crippen molar-refractivity contribution in [3.05, 3.63) is 23.8 Å². The van der Waals surface area contributed by atoms with E-state index >= 15 is 0 Å². The summed E-state index contributed by atoms with van der Waals surface area (Å²) in [7, 11) is 1.64. The molecule has 1 aromatic rings. The van der Waals surface area contributed by atoms with Crippen molar-refractivity contribution in [1.82, 2.24) is 5.32 Å². The summed E-state index contributed by atoms with van der Waals surface area (Å²) in [6.07, 6.45) is 5.26. The molecule has 2 unspecified atom stereocenters. The van der Waals surface area contributed by atoms with Crippen molar-refractivity contribution >= 4 is 0 Å². The number of aliphatic hydroxyl groups is 1. The monoisotopic (exact) mass is 335 g/mol. The van der Waals surface area contributed by atoms with Crippen LogP contribution in [0.2, 0.25) is 0 Å². The first kappa shape index (κ1) is 19.1. The van der Waals surface area contributed by atoms with Gasteiger partial charge in [-0.2, -0.15) is 0 Å². The Labute approximate surface area is 146 Å². The Bertz CT molecular complexity index is 498. The SMILES string of the molecule is COc1cc(C(O)NC2CCCC2)ccc1OCC(C)CC(C)C. The number of ether oxygens (including phenoxy) is 2. The molecule has 24 heavy (non-hydrogen) atoms. The molecule has 2 atom stereocenters. The zero-order valence-corrected chi connectivity index (χ0v) is 15.5. The third-order valence-electron chi connectivity index (χ3n) is 4.65. The normalized spacial score (nSPS) is 17.9. The molecule has 0 bridgehead atoms. The van der Waals surface area contributed by atoms with Gasteiger partial charge in [0, 0.05) is 6.04 Å². The molecular formula is C20H33NO3. The molecule has 1 aliphatic rings. The van der Waals surface area contributed by atoms with Gasteiger partial charge < -0.3 is 14.6 Å². The van der Waals surface area contributed by atoms with Crippen molar-refractivity contribution in [3.8, 4) is 11.5 Å². The second kappa shape index (κ2) is 9.28. The van der Waals surface area contributed by atoms with E-state index in [9.17, 15) is 5.11 Å². The van der Waals surface area contributed by atoms with Gasteiger partial charge in [0.2, 0.25) is 0 Å². The molecule has 2 rings (SSSR count). The molecule has 0 aromatic heterocycles. The average molecular weight is 335 g/mol. The molecule has 1 aromatic carbocycles. The predicted octanol–water partition coefficient (Wildman–Crippen LogP) is 4.28. The van der Waals surface area contributed by atoms with Crippen LogP contribution in [0.4, 0.5) is 0 Å². The van der Waals surface area contributed by atoms with Gasteiger partial charge in [0.25, 0.3) is 0 Å². The van der Waals surface area contributed by atoms with Gasteiger partial charge >= 0.3 is 0 Å². The van der Waals surface area contributed by atoms with Gasteiger partial charge in [-0.05, 0) is 48.8 Å². The van der Waals surface area contributed by atoms with Crippen LogP contribution in [0, 0.1) is 11.8 Å². The van der Waals surface area contributed by atoms with E-state index in [2.05, 4.69) is 26.1 Å². The van der Waals surface area contributed by atoms with Crippen molar-refractivity contribution in [1.29, 1.82) is 0 Å². The van der Waals surface area contributed by atoms with E-state index in [-0.39, 0.29) is 0 Å². The summed E-state index contributed by atoms with van der Waals surface area (Å²) in [6, 6.07) is 6.10. The van der Waals surface area contributed by atoms with Crippen LogP contribution in [0.15, 0.2) is 18.2 Å². The topological polar surface area (TPSA) is 50.7 Å². The van der Waals surface area contributed by atoms with Crippen LogP contribution < -0.4 is 14.8 Å². The minimum absolute atomic E-state index is 0.416. The quantitative estimate of drug-likeness (QED) is 0.661. The van der Waals surface area contributed by atoms with Gasteiger partial charge in [0.15, 0.2) is 11.5 Å². The highest BCUT2D eigenvalue weighted by Gasteiger charge is 2.19. The van der Waals surface area contributed by atoms with Gasteiger partial charge in [0.05, 0.1) is 13.7 Å². The molecule has 0 radical (unpaired) electrons. The number of methoxy groups -OCH3 is 1. The lowest BCUT2D eigenvalue weighted by atomic mass is 10.00. The summed E-state index contributed by atoms with van der Waals surface area (Å²) in [4.78, 5) is 0. The van der Waals surface area contributed by atoms with Crippen molar-refractivity contribution in [3.63, 3.8) is 0 Å². The molecule has 0 aliphatic heterocycles. The number of hydrogen-bond donors (Lipinski definition) is 2. The second-order valence-electron chi connectivity index (χ2n) is 7.51. The van der Waals surface area contributed by atoms with Crippen molar-refractivity contribution in [2.75, 3.05) is 13.7 Å². The van der Waals surface area contributed by atoms with Gasteiger partial charge in [-0.1, -0.05) is 39.7 Å². The number of nitrogens with one attached hydrogen (secondary N) is 1. The third-order valence-corrected chi connectivity index (χ3v) is 4.65. The predicted molar refractivity (Wildman–Crippen MR) is 97.5 cm³/mol. The van der Waals surface area contributed by atoms with Crippen molar-refractivity contribution in [2.24, 2.45) is 11.8 Å². The molecule has 1 fully saturated rings. The fourth-order valence-corrected chi connectivity index (χ4v) is 3.49.